The van der Waals surface area contributed by atoms with E-state index in [9.17, 15) is 4.79 Å². The number of aromatic nitrogens is 2. The highest BCUT2D eigenvalue weighted by Crippen LogP contribution is 2.26. The van der Waals surface area contributed by atoms with Crippen molar-refractivity contribution in [1.29, 1.82) is 0 Å². The molecule has 0 unspecified atom stereocenters. The van der Waals surface area contributed by atoms with Crippen molar-refractivity contribution in [1.82, 2.24) is 15.5 Å². The Morgan fingerprint density at radius 2 is 2.16 bits per heavy atom. The average Bonchev–Trinajstić information content (AvgIpc) is 3.30. The van der Waals surface area contributed by atoms with Gasteiger partial charge in [0.2, 0.25) is 11.7 Å². The molecule has 0 spiro atoms. The summed E-state index contributed by atoms with van der Waals surface area (Å²) in [6.07, 6.45) is 0.886. The zero-order chi connectivity index (χ0) is 17.8. The molecule has 5 nitrogen and oxygen atoms in total. The Morgan fingerprint density at radius 1 is 1.32 bits per heavy atom. The minimum absolute atomic E-state index is 0.115. The minimum atomic E-state index is -0.314. The first-order chi connectivity index (χ1) is 12.1. The SMILES string of the molecule is CC[C@@H](C)[C@H](NC(=O)c1cccs1)c1nc(-c2cccc(C)c2)no1. The molecule has 6 heteroatoms. The van der Waals surface area contributed by atoms with Gasteiger partial charge in [-0.2, -0.15) is 4.98 Å². The molecule has 0 aliphatic heterocycles. The molecule has 25 heavy (non-hydrogen) atoms. The second-order valence-corrected chi connectivity index (χ2v) is 7.09. The van der Waals surface area contributed by atoms with Gasteiger partial charge < -0.3 is 9.84 Å². The maximum atomic E-state index is 12.4. The predicted octanol–water partition coefficient (Wildman–Crippen LogP) is 4.62. The molecule has 3 rings (SSSR count). The Hall–Kier alpha value is -2.47. The van der Waals surface area contributed by atoms with Crippen molar-refractivity contribution < 1.29 is 9.32 Å². The fourth-order valence-corrected chi connectivity index (χ4v) is 3.19. The van der Waals surface area contributed by atoms with Crippen LogP contribution in [0.3, 0.4) is 0 Å². The van der Waals surface area contributed by atoms with Crippen molar-refractivity contribution in [3.63, 3.8) is 0 Å². The van der Waals surface area contributed by atoms with Crippen LogP contribution >= 0.6 is 11.3 Å². The molecular formula is C19H21N3O2S. The number of benzene rings is 1. The lowest BCUT2D eigenvalue weighted by molar-refractivity contribution is 0.0914. The topological polar surface area (TPSA) is 68.0 Å². The van der Waals surface area contributed by atoms with Crippen LogP contribution in [0.5, 0.6) is 0 Å². The Balaban J connectivity index is 1.85. The van der Waals surface area contributed by atoms with Crippen molar-refractivity contribution in [2.45, 2.75) is 33.2 Å². The van der Waals surface area contributed by atoms with Crippen LogP contribution in [0.2, 0.25) is 0 Å². The Labute approximate surface area is 151 Å². The monoisotopic (exact) mass is 355 g/mol. The summed E-state index contributed by atoms with van der Waals surface area (Å²) in [5.41, 5.74) is 2.04. The Morgan fingerprint density at radius 3 is 2.84 bits per heavy atom. The summed E-state index contributed by atoms with van der Waals surface area (Å²) >= 11 is 1.41. The molecule has 2 aromatic heterocycles. The average molecular weight is 355 g/mol. The van der Waals surface area contributed by atoms with Crippen LogP contribution in [0.25, 0.3) is 11.4 Å². The van der Waals surface area contributed by atoms with Crippen LogP contribution in [0.15, 0.2) is 46.3 Å². The van der Waals surface area contributed by atoms with E-state index in [2.05, 4.69) is 29.3 Å². The molecule has 0 radical (unpaired) electrons. The number of hydrogen-bond acceptors (Lipinski definition) is 5. The maximum absolute atomic E-state index is 12.4. The molecule has 0 bridgehead atoms. The molecule has 1 aromatic carbocycles. The van der Waals surface area contributed by atoms with Crippen LogP contribution in [0, 0.1) is 12.8 Å². The van der Waals surface area contributed by atoms with E-state index in [1.54, 1.807) is 6.07 Å². The normalized spacial score (nSPS) is 13.4. The molecule has 0 saturated carbocycles. The summed E-state index contributed by atoms with van der Waals surface area (Å²) in [4.78, 5) is 17.6. The summed E-state index contributed by atoms with van der Waals surface area (Å²) in [7, 11) is 0. The van der Waals surface area contributed by atoms with Crippen LogP contribution in [-0.4, -0.2) is 16.0 Å². The lowest BCUT2D eigenvalue weighted by atomic mass is 9.99. The summed E-state index contributed by atoms with van der Waals surface area (Å²) < 4.78 is 5.49. The van der Waals surface area contributed by atoms with Gasteiger partial charge in [0.15, 0.2) is 0 Å². The van der Waals surface area contributed by atoms with Crippen molar-refractivity contribution in [3.05, 3.63) is 58.1 Å². The van der Waals surface area contributed by atoms with E-state index in [1.807, 2.05) is 42.6 Å². The second kappa shape index (κ2) is 7.61. The molecule has 0 aliphatic rings. The summed E-state index contributed by atoms with van der Waals surface area (Å²) in [6.45, 7) is 6.16. The van der Waals surface area contributed by atoms with Gasteiger partial charge in [-0.05, 0) is 30.4 Å². The third-order valence-electron chi connectivity index (χ3n) is 4.23. The van der Waals surface area contributed by atoms with E-state index >= 15 is 0 Å². The number of aryl methyl sites for hydroxylation is 1. The van der Waals surface area contributed by atoms with E-state index in [0.717, 1.165) is 17.5 Å². The lowest BCUT2D eigenvalue weighted by Gasteiger charge is -2.20. The Bertz CT molecular complexity index is 842. The maximum Gasteiger partial charge on any atom is 0.262 e. The number of thiophene rings is 1. The fraction of sp³-hybridized carbons (Fsp3) is 0.316. The van der Waals surface area contributed by atoms with Crippen LogP contribution in [0.1, 0.15) is 47.4 Å². The molecule has 1 amide bonds. The first-order valence-electron chi connectivity index (χ1n) is 8.33. The number of nitrogens with one attached hydrogen (secondary N) is 1. The van der Waals surface area contributed by atoms with E-state index in [1.165, 1.54) is 11.3 Å². The largest absolute Gasteiger partial charge is 0.339 e. The number of nitrogens with zero attached hydrogens (tertiary/aromatic N) is 2. The van der Waals surface area contributed by atoms with Crippen molar-refractivity contribution in [3.8, 4) is 11.4 Å². The third-order valence-corrected chi connectivity index (χ3v) is 5.10. The third kappa shape index (κ3) is 3.96. The van der Waals surface area contributed by atoms with Gasteiger partial charge in [0.05, 0.1) is 4.88 Å². The van der Waals surface area contributed by atoms with E-state index in [-0.39, 0.29) is 17.9 Å². The summed E-state index contributed by atoms with van der Waals surface area (Å²) in [5.74, 6) is 1.04. The van der Waals surface area contributed by atoms with E-state index in [0.29, 0.717) is 16.6 Å². The fourth-order valence-electron chi connectivity index (χ4n) is 2.57. The van der Waals surface area contributed by atoms with Gasteiger partial charge in [-0.25, -0.2) is 0 Å². The molecule has 1 N–H and O–H groups in total. The van der Waals surface area contributed by atoms with Crippen LogP contribution in [-0.2, 0) is 0 Å². The van der Waals surface area contributed by atoms with Crippen LogP contribution < -0.4 is 5.32 Å². The number of carbonyl (C=O) groups is 1. The van der Waals surface area contributed by atoms with Crippen molar-refractivity contribution >= 4 is 17.2 Å². The smallest absolute Gasteiger partial charge is 0.262 e. The predicted molar refractivity (Wildman–Crippen MR) is 98.5 cm³/mol. The van der Waals surface area contributed by atoms with E-state index < -0.39 is 0 Å². The van der Waals surface area contributed by atoms with Gasteiger partial charge in [0.25, 0.3) is 5.91 Å². The van der Waals surface area contributed by atoms with Gasteiger partial charge in [0, 0.05) is 5.56 Å². The van der Waals surface area contributed by atoms with Crippen molar-refractivity contribution in [2.24, 2.45) is 5.92 Å². The number of hydrogen-bond donors (Lipinski definition) is 1. The van der Waals surface area contributed by atoms with Gasteiger partial charge in [-0.3, -0.25) is 4.79 Å². The number of amides is 1. The number of carbonyl (C=O) groups excluding carboxylic acids is 1. The minimum Gasteiger partial charge on any atom is -0.339 e. The Kier molecular flexibility index (Phi) is 5.28. The highest BCUT2D eigenvalue weighted by molar-refractivity contribution is 7.12. The molecule has 2 heterocycles. The molecule has 130 valence electrons. The molecule has 0 saturated heterocycles. The quantitative estimate of drug-likeness (QED) is 0.700. The van der Waals surface area contributed by atoms with E-state index in [4.69, 9.17) is 4.52 Å². The summed E-state index contributed by atoms with van der Waals surface area (Å²) in [6, 6.07) is 11.3. The second-order valence-electron chi connectivity index (χ2n) is 6.14. The first kappa shape index (κ1) is 17.4. The zero-order valence-electron chi connectivity index (χ0n) is 14.5. The standard InChI is InChI=1S/C19H21N3O2S/c1-4-13(3)16(20-18(23)15-9-6-10-25-15)19-21-17(22-24-19)14-8-5-7-12(2)11-14/h5-11,13,16H,4H2,1-3H3,(H,20,23)/t13-,16+/m1/s1. The molecular weight excluding hydrogens is 334 g/mol. The van der Waals surface area contributed by atoms with Gasteiger partial charge in [-0.1, -0.05) is 55.3 Å². The molecule has 0 aliphatic carbocycles. The zero-order valence-corrected chi connectivity index (χ0v) is 15.3. The van der Waals surface area contributed by atoms with Crippen molar-refractivity contribution in [2.75, 3.05) is 0 Å². The first-order valence-corrected chi connectivity index (χ1v) is 9.21. The summed E-state index contributed by atoms with van der Waals surface area (Å²) in [5, 5.41) is 9.02. The highest BCUT2D eigenvalue weighted by Gasteiger charge is 2.27. The van der Waals surface area contributed by atoms with Gasteiger partial charge >= 0.3 is 0 Å². The van der Waals surface area contributed by atoms with Crippen LogP contribution in [0.4, 0.5) is 0 Å². The number of rotatable bonds is 6. The molecule has 3 aromatic rings. The highest BCUT2D eigenvalue weighted by atomic mass is 32.1. The van der Waals surface area contributed by atoms with Gasteiger partial charge in [-0.15, -0.1) is 11.3 Å². The molecule has 0 fully saturated rings. The molecule has 2 atom stereocenters. The van der Waals surface area contributed by atoms with Gasteiger partial charge in [0.1, 0.15) is 6.04 Å². The lowest BCUT2D eigenvalue weighted by Crippen LogP contribution is -2.32.